The number of carboxylic acids is 1. The fraction of sp³-hybridized carbons (Fsp3) is 0.0645. The predicted octanol–water partition coefficient (Wildman–Crippen LogP) is 10.0. The molecule has 0 aliphatic carbocycles. The van der Waals surface area contributed by atoms with Crippen LogP contribution in [0.25, 0.3) is 42.1 Å². The summed E-state index contributed by atoms with van der Waals surface area (Å²) in [5, 5.41) is 14.8. The van der Waals surface area contributed by atoms with Gasteiger partial charge >= 0.3 is 5.97 Å². The van der Waals surface area contributed by atoms with Gasteiger partial charge in [-0.25, -0.2) is 4.79 Å². The molecule has 0 spiro atoms. The van der Waals surface area contributed by atoms with Crippen molar-refractivity contribution >= 4 is 87.4 Å². The van der Waals surface area contributed by atoms with E-state index >= 15 is 0 Å². The lowest BCUT2D eigenvalue weighted by Crippen LogP contribution is -2.29. The average molecular weight is 622 g/mol. The van der Waals surface area contributed by atoms with Crippen molar-refractivity contribution in [1.82, 2.24) is 0 Å². The molecule has 0 unspecified atom stereocenters. The highest BCUT2D eigenvalue weighted by Crippen LogP contribution is 2.50. The van der Waals surface area contributed by atoms with Crippen molar-refractivity contribution in [2.45, 2.75) is 12.5 Å². The highest BCUT2D eigenvalue weighted by molar-refractivity contribution is 9.11. The summed E-state index contributed by atoms with van der Waals surface area (Å²) < 4.78 is 9.29. The average Bonchev–Trinajstić information content (AvgIpc) is 3.30. The van der Waals surface area contributed by atoms with E-state index in [1.807, 2.05) is 66.7 Å². The Kier molecular flexibility index (Phi) is 6.79. The van der Waals surface area contributed by atoms with Crippen LogP contribution in [-0.4, -0.2) is 17.2 Å². The molecule has 0 saturated heterocycles. The molecule has 0 fully saturated rings. The number of aliphatic carboxylic acids is 1. The van der Waals surface area contributed by atoms with E-state index in [4.69, 9.17) is 27.9 Å². The number of thiophene rings is 1. The first-order valence-corrected chi connectivity index (χ1v) is 14.2. The van der Waals surface area contributed by atoms with Crippen molar-refractivity contribution in [2.75, 3.05) is 0 Å². The lowest BCUT2D eigenvalue weighted by atomic mass is 9.93. The normalized spacial score (nSPS) is 12.3. The van der Waals surface area contributed by atoms with Crippen LogP contribution in [0.4, 0.5) is 0 Å². The largest absolute Gasteiger partial charge is 0.478 e. The summed E-state index contributed by atoms with van der Waals surface area (Å²) in [7, 11) is 0. The summed E-state index contributed by atoms with van der Waals surface area (Å²) in [5.41, 5.74) is 2.70. The summed E-state index contributed by atoms with van der Waals surface area (Å²) in [6.07, 6.45) is -0.956. The first kappa shape index (κ1) is 25.2. The Morgan fingerprint density at radius 3 is 2.16 bits per heavy atom. The van der Waals surface area contributed by atoms with Crippen LogP contribution in [0.1, 0.15) is 5.56 Å². The zero-order valence-electron chi connectivity index (χ0n) is 19.8. The number of ether oxygens (including phenoxy) is 1. The number of hydrogen-bond donors (Lipinski definition) is 1. The Morgan fingerprint density at radius 2 is 1.47 bits per heavy atom. The number of fused-ring (bicyclic) bond motifs is 4. The molecule has 5 aromatic carbocycles. The molecule has 1 N–H and O–H groups in total. The molecule has 188 valence electrons. The van der Waals surface area contributed by atoms with Crippen LogP contribution in [0.3, 0.4) is 0 Å². The van der Waals surface area contributed by atoms with E-state index in [0.717, 1.165) is 47.4 Å². The molecule has 1 atom stereocenters. The molecule has 0 bridgehead atoms. The van der Waals surface area contributed by atoms with Crippen LogP contribution >= 0.6 is 50.5 Å². The molecule has 0 aliphatic heterocycles. The summed E-state index contributed by atoms with van der Waals surface area (Å²) in [6.45, 7) is 0. The Hall–Kier alpha value is -3.09. The van der Waals surface area contributed by atoms with E-state index in [1.165, 1.54) is 4.70 Å². The molecule has 7 heteroatoms. The fourth-order valence-electron chi connectivity index (χ4n) is 4.86. The third-order valence-electron chi connectivity index (χ3n) is 6.56. The summed E-state index contributed by atoms with van der Waals surface area (Å²) in [6, 6.07) is 29.5. The van der Waals surface area contributed by atoms with E-state index in [1.54, 1.807) is 11.3 Å². The highest BCUT2D eigenvalue weighted by atomic mass is 79.9. The number of carboxylic acid groups (broad SMARTS) is 1. The molecule has 0 radical (unpaired) electrons. The maximum absolute atomic E-state index is 12.0. The van der Waals surface area contributed by atoms with Gasteiger partial charge in [-0.1, -0.05) is 96.0 Å². The molecule has 0 saturated carbocycles. The Balaban J connectivity index is 1.52. The first-order valence-electron chi connectivity index (χ1n) is 11.9. The molecular weight excluding hydrogens is 603 g/mol. The monoisotopic (exact) mass is 620 g/mol. The second-order valence-electron chi connectivity index (χ2n) is 8.94. The van der Waals surface area contributed by atoms with E-state index in [-0.39, 0.29) is 22.2 Å². The minimum absolute atomic E-state index is 0.160. The van der Waals surface area contributed by atoms with Crippen LogP contribution in [-0.2, 0) is 11.2 Å². The zero-order valence-corrected chi connectivity index (χ0v) is 23.7. The standard InChI is InChI=1S/C31H19BrCl2O3S/c32-28-20-11-5-4-10-19(20)26(27-21-12-6-7-13-25(21)38-30(27)28)18-15-22(33)29(23(34)16-18)37-24(31(35)36)14-17-8-2-1-3-9-17/h1-13,15-16,24H,14H2,(H,35,36)/t24-/m1/s1. The summed E-state index contributed by atoms with van der Waals surface area (Å²) in [4.78, 5) is 12.0. The second kappa shape index (κ2) is 10.2. The van der Waals surface area contributed by atoms with Gasteiger partial charge in [0.2, 0.25) is 0 Å². The SMILES string of the molecule is O=C(O)[C@@H](Cc1ccccc1)Oc1c(Cl)cc(-c2c3ccccc3c(Br)c3sc4ccccc4c23)cc1Cl. The number of halogens is 3. The molecule has 6 aromatic rings. The van der Waals surface area contributed by atoms with Crippen LogP contribution < -0.4 is 4.74 Å². The minimum Gasteiger partial charge on any atom is -0.478 e. The van der Waals surface area contributed by atoms with Gasteiger partial charge in [-0.05, 0) is 61.6 Å². The van der Waals surface area contributed by atoms with Crippen LogP contribution in [0.2, 0.25) is 10.0 Å². The molecule has 0 aliphatic rings. The second-order valence-corrected chi connectivity index (χ2v) is 11.6. The Morgan fingerprint density at radius 1 is 0.868 bits per heavy atom. The smallest absolute Gasteiger partial charge is 0.345 e. The molecule has 3 nitrogen and oxygen atoms in total. The van der Waals surface area contributed by atoms with Crippen molar-refractivity contribution in [2.24, 2.45) is 0 Å². The van der Waals surface area contributed by atoms with Gasteiger partial charge in [0.15, 0.2) is 11.9 Å². The lowest BCUT2D eigenvalue weighted by Gasteiger charge is -2.19. The van der Waals surface area contributed by atoms with Crippen molar-refractivity contribution in [3.63, 3.8) is 0 Å². The summed E-state index contributed by atoms with van der Waals surface area (Å²) in [5.74, 6) is -0.927. The van der Waals surface area contributed by atoms with Gasteiger partial charge in [0.1, 0.15) is 0 Å². The highest BCUT2D eigenvalue weighted by Gasteiger charge is 2.25. The third-order valence-corrected chi connectivity index (χ3v) is 9.40. The summed E-state index contributed by atoms with van der Waals surface area (Å²) >= 11 is 19.1. The van der Waals surface area contributed by atoms with Crippen molar-refractivity contribution in [3.05, 3.63) is 111 Å². The number of carbonyl (C=O) groups is 1. The maximum Gasteiger partial charge on any atom is 0.345 e. The predicted molar refractivity (Wildman–Crippen MR) is 162 cm³/mol. The number of rotatable bonds is 6. The van der Waals surface area contributed by atoms with E-state index in [2.05, 4.69) is 40.2 Å². The van der Waals surface area contributed by atoms with Crippen molar-refractivity contribution in [3.8, 4) is 16.9 Å². The lowest BCUT2D eigenvalue weighted by molar-refractivity contribution is -0.145. The van der Waals surface area contributed by atoms with Gasteiger partial charge in [0.05, 0.1) is 14.7 Å². The van der Waals surface area contributed by atoms with E-state index in [9.17, 15) is 9.90 Å². The molecule has 1 aromatic heterocycles. The molecular formula is C31H19BrCl2O3S. The van der Waals surface area contributed by atoms with Gasteiger partial charge in [-0.3, -0.25) is 0 Å². The van der Waals surface area contributed by atoms with Crippen LogP contribution in [0, 0.1) is 0 Å². The fourth-order valence-corrected chi connectivity index (χ4v) is 7.39. The van der Waals surface area contributed by atoms with Gasteiger partial charge in [0.25, 0.3) is 0 Å². The van der Waals surface area contributed by atoms with E-state index < -0.39 is 12.1 Å². The van der Waals surface area contributed by atoms with Crippen LogP contribution in [0.15, 0.2) is 95.5 Å². The van der Waals surface area contributed by atoms with Gasteiger partial charge in [-0.15, -0.1) is 11.3 Å². The van der Waals surface area contributed by atoms with E-state index in [0.29, 0.717) is 0 Å². The third kappa shape index (κ3) is 4.44. The Bertz CT molecular complexity index is 1830. The van der Waals surface area contributed by atoms with Gasteiger partial charge in [-0.2, -0.15) is 0 Å². The number of benzene rings is 5. The van der Waals surface area contributed by atoms with Gasteiger partial charge < -0.3 is 9.84 Å². The molecule has 6 rings (SSSR count). The minimum atomic E-state index is -1.14. The van der Waals surface area contributed by atoms with Crippen LogP contribution in [0.5, 0.6) is 5.75 Å². The molecule has 0 amide bonds. The zero-order chi connectivity index (χ0) is 26.4. The first-order chi connectivity index (χ1) is 18.4. The molecule has 1 heterocycles. The number of hydrogen-bond acceptors (Lipinski definition) is 3. The quantitative estimate of drug-likeness (QED) is 0.201. The maximum atomic E-state index is 12.0. The topological polar surface area (TPSA) is 46.5 Å². The van der Waals surface area contributed by atoms with Gasteiger partial charge in [0, 0.05) is 26.4 Å². The van der Waals surface area contributed by atoms with Crippen molar-refractivity contribution < 1.29 is 14.6 Å². The Labute approximate surface area is 241 Å². The molecule has 38 heavy (non-hydrogen) atoms. The van der Waals surface area contributed by atoms with Crippen molar-refractivity contribution in [1.29, 1.82) is 0 Å².